The lowest BCUT2D eigenvalue weighted by Crippen LogP contribution is -2.26. The molecule has 1 unspecified atom stereocenters. The zero-order valence-electron chi connectivity index (χ0n) is 12.1. The first-order valence-electron chi connectivity index (χ1n) is 7.05. The highest BCUT2D eigenvalue weighted by Gasteiger charge is 2.09. The first-order valence-corrected chi connectivity index (χ1v) is 7.05. The van der Waals surface area contributed by atoms with E-state index in [1.165, 1.54) is 11.1 Å². The van der Waals surface area contributed by atoms with Gasteiger partial charge in [0.25, 0.3) is 0 Å². The van der Waals surface area contributed by atoms with Gasteiger partial charge in [0, 0.05) is 6.42 Å². The van der Waals surface area contributed by atoms with Gasteiger partial charge < -0.3 is 5.32 Å². The van der Waals surface area contributed by atoms with Gasteiger partial charge in [-0.3, -0.25) is 4.79 Å². The molecule has 0 radical (unpaired) electrons. The van der Waals surface area contributed by atoms with E-state index in [0.29, 0.717) is 6.42 Å². The summed E-state index contributed by atoms with van der Waals surface area (Å²) < 4.78 is 0. The van der Waals surface area contributed by atoms with Gasteiger partial charge in [0.15, 0.2) is 0 Å². The lowest BCUT2D eigenvalue weighted by molar-refractivity contribution is -0.121. The Morgan fingerprint density at radius 3 is 2.35 bits per heavy atom. The summed E-state index contributed by atoms with van der Waals surface area (Å²) in [6, 6.07) is 18.4. The fourth-order valence-electron chi connectivity index (χ4n) is 2.15. The van der Waals surface area contributed by atoms with Crippen LogP contribution in [0.5, 0.6) is 0 Å². The summed E-state index contributed by atoms with van der Waals surface area (Å²) in [5.74, 6) is 0.0990. The van der Waals surface area contributed by atoms with Crippen LogP contribution in [0.1, 0.15) is 36.1 Å². The summed E-state index contributed by atoms with van der Waals surface area (Å²) in [7, 11) is 0. The SMILES string of the molecule is Cc1ccc(C(C)NC(=O)CCc2ccccc2)cc1. The number of aryl methyl sites for hydroxylation is 2. The second kappa shape index (κ2) is 6.90. The van der Waals surface area contributed by atoms with E-state index in [4.69, 9.17) is 0 Å². The Bertz CT molecular complexity index is 545. The van der Waals surface area contributed by atoms with Gasteiger partial charge >= 0.3 is 0 Å². The average Bonchev–Trinajstić information content (AvgIpc) is 2.47. The first-order chi connectivity index (χ1) is 9.65. The van der Waals surface area contributed by atoms with Crippen LogP contribution in [0.15, 0.2) is 54.6 Å². The van der Waals surface area contributed by atoms with Gasteiger partial charge in [-0.05, 0) is 31.4 Å². The third kappa shape index (κ3) is 4.23. The molecule has 0 bridgehead atoms. The van der Waals surface area contributed by atoms with Gasteiger partial charge in [-0.25, -0.2) is 0 Å². The highest BCUT2D eigenvalue weighted by atomic mass is 16.1. The molecule has 0 aromatic heterocycles. The molecule has 1 N–H and O–H groups in total. The van der Waals surface area contributed by atoms with Crippen LogP contribution >= 0.6 is 0 Å². The zero-order valence-corrected chi connectivity index (χ0v) is 12.1. The fourth-order valence-corrected chi connectivity index (χ4v) is 2.15. The zero-order chi connectivity index (χ0) is 14.4. The van der Waals surface area contributed by atoms with Crippen LogP contribution in [0.3, 0.4) is 0 Å². The number of carbonyl (C=O) groups excluding carboxylic acids is 1. The Kier molecular flexibility index (Phi) is 4.94. The van der Waals surface area contributed by atoms with Crippen LogP contribution < -0.4 is 5.32 Å². The summed E-state index contributed by atoms with van der Waals surface area (Å²) >= 11 is 0. The van der Waals surface area contributed by atoms with Gasteiger partial charge in [0.05, 0.1) is 6.04 Å². The maximum atomic E-state index is 12.0. The van der Waals surface area contributed by atoms with Gasteiger partial charge in [0.2, 0.25) is 5.91 Å². The van der Waals surface area contributed by atoms with Crippen LogP contribution in [0.4, 0.5) is 0 Å². The standard InChI is InChI=1S/C18H21NO/c1-14-8-11-17(12-9-14)15(2)19-18(20)13-10-16-6-4-3-5-7-16/h3-9,11-12,15H,10,13H2,1-2H3,(H,19,20). The van der Waals surface area contributed by atoms with Crippen molar-refractivity contribution in [3.63, 3.8) is 0 Å². The molecule has 2 aromatic carbocycles. The molecule has 0 saturated carbocycles. The molecule has 0 spiro atoms. The number of benzene rings is 2. The Hall–Kier alpha value is -2.09. The molecule has 20 heavy (non-hydrogen) atoms. The van der Waals surface area contributed by atoms with Crippen molar-refractivity contribution < 1.29 is 4.79 Å². The maximum Gasteiger partial charge on any atom is 0.220 e. The molecule has 0 heterocycles. The molecular formula is C18H21NO. The van der Waals surface area contributed by atoms with Crippen molar-refractivity contribution in [2.45, 2.75) is 32.7 Å². The third-order valence-electron chi connectivity index (χ3n) is 3.44. The second-order valence-electron chi connectivity index (χ2n) is 5.19. The molecule has 2 rings (SSSR count). The molecule has 0 fully saturated rings. The van der Waals surface area contributed by atoms with Gasteiger partial charge in [-0.15, -0.1) is 0 Å². The minimum atomic E-state index is 0.0545. The molecule has 1 amide bonds. The van der Waals surface area contributed by atoms with E-state index in [9.17, 15) is 4.79 Å². The minimum Gasteiger partial charge on any atom is -0.350 e. The number of nitrogens with one attached hydrogen (secondary N) is 1. The smallest absolute Gasteiger partial charge is 0.220 e. The van der Waals surface area contributed by atoms with Gasteiger partial charge in [0.1, 0.15) is 0 Å². The number of carbonyl (C=O) groups is 1. The molecular weight excluding hydrogens is 246 g/mol. The number of amides is 1. The Morgan fingerprint density at radius 2 is 1.70 bits per heavy atom. The van der Waals surface area contributed by atoms with Crippen molar-refractivity contribution in [2.24, 2.45) is 0 Å². The predicted octanol–water partition coefficient (Wildman–Crippen LogP) is 3.81. The lowest BCUT2D eigenvalue weighted by atomic mass is 10.1. The summed E-state index contributed by atoms with van der Waals surface area (Å²) in [6.07, 6.45) is 1.31. The number of hydrogen-bond acceptors (Lipinski definition) is 1. The van der Waals surface area contributed by atoms with Gasteiger partial charge in [-0.1, -0.05) is 60.2 Å². The Morgan fingerprint density at radius 1 is 1.05 bits per heavy atom. The molecule has 0 aliphatic rings. The first kappa shape index (κ1) is 14.3. The topological polar surface area (TPSA) is 29.1 Å². The van der Waals surface area contributed by atoms with E-state index < -0.39 is 0 Å². The van der Waals surface area contributed by atoms with E-state index in [1.54, 1.807) is 0 Å². The summed E-state index contributed by atoms with van der Waals surface area (Å²) in [5.41, 5.74) is 3.57. The predicted molar refractivity (Wildman–Crippen MR) is 82.5 cm³/mol. The van der Waals surface area contributed by atoms with Crippen molar-refractivity contribution in [3.05, 3.63) is 71.3 Å². The van der Waals surface area contributed by atoms with Crippen LogP contribution in [-0.4, -0.2) is 5.91 Å². The number of hydrogen-bond donors (Lipinski definition) is 1. The summed E-state index contributed by atoms with van der Waals surface area (Å²) in [6.45, 7) is 4.08. The monoisotopic (exact) mass is 267 g/mol. The summed E-state index contributed by atoms with van der Waals surface area (Å²) in [5, 5.41) is 3.05. The Labute approximate surface area is 120 Å². The molecule has 0 aliphatic carbocycles. The van der Waals surface area contributed by atoms with Crippen LogP contribution in [0, 0.1) is 6.92 Å². The van der Waals surface area contributed by atoms with Crippen molar-refractivity contribution >= 4 is 5.91 Å². The molecule has 2 heteroatoms. The maximum absolute atomic E-state index is 12.0. The van der Waals surface area contributed by atoms with Crippen LogP contribution in [-0.2, 0) is 11.2 Å². The Balaban J connectivity index is 1.83. The molecule has 0 saturated heterocycles. The second-order valence-corrected chi connectivity index (χ2v) is 5.19. The largest absolute Gasteiger partial charge is 0.350 e. The van der Waals surface area contributed by atoms with Crippen LogP contribution in [0.25, 0.3) is 0 Å². The third-order valence-corrected chi connectivity index (χ3v) is 3.44. The molecule has 104 valence electrons. The van der Waals surface area contributed by atoms with Crippen LogP contribution in [0.2, 0.25) is 0 Å². The lowest BCUT2D eigenvalue weighted by Gasteiger charge is -2.14. The molecule has 1 atom stereocenters. The number of rotatable bonds is 5. The van der Waals surface area contributed by atoms with E-state index in [-0.39, 0.29) is 11.9 Å². The highest BCUT2D eigenvalue weighted by Crippen LogP contribution is 2.13. The van der Waals surface area contributed by atoms with E-state index in [2.05, 4.69) is 48.6 Å². The van der Waals surface area contributed by atoms with Gasteiger partial charge in [-0.2, -0.15) is 0 Å². The average molecular weight is 267 g/mol. The van der Waals surface area contributed by atoms with E-state index in [0.717, 1.165) is 12.0 Å². The van der Waals surface area contributed by atoms with Crippen molar-refractivity contribution in [1.29, 1.82) is 0 Å². The highest BCUT2D eigenvalue weighted by molar-refractivity contribution is 5.76. The summed E-state index contributed by atoms with van der Waals surface area (Å²) in [4.78, 5) is 12.0. The molecule has 0 aliphatic heterocycles. The fraction of sp³-hybridized carbons (Fsp3) is 0.278. The van der Waals surface area contributed by atoms with Crippen molar-refractivity contribution in [3.8, 4) is 0 Å². The minimum absolute atomic E-state index is 0.0545. The quantitative estimate of drug-likeness (QED) is 0.877. The normalized spacial score (nSPS) is 11.9. The molecule has 2 nitrogen and oxygen atoms in total. The van der Waals surface area contributed by atoms with Crippen molar-refractivity contribution in [2.75, 3.05) is 0 Å². The van der Waals surface area contributed by atoms with E-state index in [1.807, 2.05) is 25.1 Å². The molecule has 2 aromatic rings. The van der Waals surface area contributed by atoms with Crippen molar-refractivity contribution in [1.82, 2.24) is 5.32 Å². The van der Waals surface area contributed by atoms with E-state index >= 15 is 0 Å².